The Balaban J connectivity index is 1.69. The quantitative estimate of drug-likeness (QED) is 0.714. The molecule has 1 aliphatic rings. The number of benzene rings is 2. The fourth-order valence-electron chi connectivity index (χ4n) is 3.34. The number of aromatic nitrogens is 2. The van der Waals surface area contributed by atoms with E-state index in [1.165, 1.54) is 0 Å². The highest BCUT2D eigenvalue weighted by Gasteiger charge is 2.18. The smallest absolute Gasteiger partial charge is 0.316 e. The Morgan fingerprint density at radius 2 is 1.88 bits per heavy atom. The van der Waals surface area contributed by atoms with Crippen LogP contribution in [0.5, 0.6) is 0 Å². The van der Waals surface area contributed by atoms with Crippen molar-refractivity contribution in [2.75, 3.05) is 26.3 Å². The number of nitrogens with zero attached hydrogens (tertiary/aromatic N) is 4. The van der Waals surface area contributed by atoms with E-state index in [4.69, 9.17) is 14.9 Å². The van der Waals surface area contributed by atoms with Crippen LogP contribution in [0.3, 0.4) is 0 Å². The van der Waals surface area contributed by atoms with Gasteiger partial charge in [-0.3, -0.25) is 4.90 Å². The second-order valence-corrected chi connectivity index (χ2v) is 6.43. The summed E-state index contributed by atoms with van der Waals surface area (Å²) in [5.41, 5.74) is 3.18. The third-order valence-corrected chi connectivity index (χ3v) is 4.67. The molecule has 26 heavy (non-hydrogen) atoms. The van der Waals surface area contributed by atoms with Gasteiger partial charge in [0.15, 0.2) is 0 Å². The molecule has 0 radical (unpaired) electrons. The van der Waals surface area contributed by atoms with Crippen molar-refractivity contribution in [2.24, 2.45) is 0 Å². The third-order valence-electron chi connectivity index (χ3n) is 4.67. The standard InChI is InChI=1S/C19H21N4O3/c24-23(25)16-5-3-4-15(12-16)13-22-18-7-2-1-6-17(18)20-19(22)14-21-8-10-26-11-9-21/h1-7,12H,8-11,13-14H2,(H,24,25)/q+1. The molecule has 1 saturated heterocycles. The summed E-state index contributed by atoms with van der Waals surface area (Å²) < 4.78 is 7.61. The minimum absolute atomic E-state index is 0.107. The summed E-state index contributed by atoms with van der Waals surface area (Å²) in [6, 6.07) is 15.0. The maximum absolute atomic E-state index is 11.2. The number of rotatable bonds is 5. The van der Waals surface area contributed by atoms with E-state index in [0.717, 1.165) is 55.3 Å². The van der Waals surface area contributed by atoms with Crippen LogP contribution < -0.4 is 0 Å². The van der Waals surface area contributed by atoms with Crippen LogP contribution >= 0.6 is 0 Å². The molecule has 0 bridgehead atoms. The lowest BCUT2D eigenvalue weighted by Crippen LogP contribution is -2.36. The summed E-state index contributed by atoms with van der Waals surface area (Å²) in [6.45, 7) is 4.63. The molecular formula is C19H21N4O3+. The molecule has 7 nitrogen and oxygen atoms in total. The van der Waals surface area contributed by atoms with Gasteiger partial charge >= 0.3 is 5.69 Å². The molecule has 7 heteroatoms. The monoisotopic (exact) mass is 353 g/mol. The second-order valence-electron chi connectivity index (χ2n) is 6.43. The zero-order chi connectivity index (χ0) is 17.9. The number of ether oxygens (including phenoxy) is 1. The first-order chi connectivity index (χ1) is 12.7. The molecule has 1 aliphatic heterocycles. The van der Waals surface area contributed by atoms with Crippen molar-refractivity contribution in [2.45, 2.75) is 13.1 Å². The number of fused-ring (bicyclic) bond motifs is 1. The number of hydrogen-bond acceptors (Lipinski definition) is 4. The number of hydrogen-bond donors (Lipinski definition) is 1. The number of para-hydroxylation sites is 2. The molecule has 0 unspecified atom stereocenters. The predicted octanol–water partition coefficient (Wildman–Crippen LogP) is 2.72. The van der Waals surface area contributed by atoms with Crippen LogP contribution in [0.1, 0.15) is 11.4 Å². The van der Waals surface area contributed by atoms with Crippen molar-refractivity contribution in [3.8, 4) is 0 Å². The lowest BCUT2D eigenvalue weighted by Gasteiger charge is -2.26. The second kappa shape index (κ2) is 7.23. The van der Waals surface area contributed by atoms with Gasteiger partial charge in [-0.1, -0.05) is 24.3 Å². The first-order valence-electron chi connectivity index (χ1n) is 8.70. The first-order valence-corrected chi connectivity index (χ1v) is 8.70. The van der Waals surface area contributed by atoms with Gasteiger partial charge in [-0.15, -0.1) is 0 Å². The van der Waals surface area contributed by atoms with Gasteiger partial charge in [0.1, 0.15) is 5.82 Å². The normalized spacial score (nSPS) is 15.4. The molecule has 4 rings (SSSR count). The molecule has 0 amide bonds. The zero-order valence-corrected chi connectivity index (χ0v) is 14.4. The SMILES string of the molecule is O=[N+](O)c1cccc(Cn2c(CN3CCOCC3)nc3ccccc32)c1. The summed E-state index contributed by atoms with van der Waals surface area (Å²) in [5, 5.41) is 9.16. The first kappa shape index (κ1) is 16.7. The molecule has 0 spiro atoms. The molecular weight excluding hydrogens is 332 g/mol. The molecule has 2 heterocycles. The van der Waals surface area contributed by atoms with Crippen molar-refractivity contribution in [3.63, 3.8) is 0 Å². The third kappa shape index (κ3) is 3.44. The Kier molecular flexibility index (Phi) is 4.64. The van der Waals surface area contributed by atoms with E-state index in [9.17, 15) is 4.91 Å². The van der Waals surface area contributed by atoms with Crippen LogP contribution in [-0.4, -0.2) is 50.9 Å². The average molecular weight is 353 g/mol. The molecule has 1 N–H and O–H groups in total. The van der Waals surface area contributed by atoms with Crippen molar-refractivity contribution in [1.29, 1.82) is 0 Å². The fraction of sp³-hybridized carbons (Fsp3) is 0.316. The predicted molar refractivity (Wildman–Crippen MR) is 96.4 cm³/mol. The van der Waals surface area contributed by atoms with E-state index in [0.29, 0.717) is 6.54 Å². The molecule has 134 valence electrons. The van der Waals surface area contributed by atoms with Crippen LogP contribution in [0.4, 0.5) is 5.69 Å². The topological polar surface area (TPSA) is 70.6 Å². The highest BCUT2D eigenvalue weighted by molar-refractivity contribution is 5.76. The maximum atomic E-state index is 11.2. The summed E-state index contributed by atoms with van der Waals surface area (Å²) in [4.78, 5) is 18.2. The van der Waals surface area contributed by atoms with Gasteiger partial charge in [-0.05, 0) is 17.7 Å². The average Bonchev–Trinajstić information content (AvgIpc) is 3.00. The lowest BCUT2D eigenvalue weighted by molar-refractivity contribution is -0.729. The Bertz CT molecular complexity index is 931. The molecule has 0 atom stereocenters. The number of morpholine rings is 1. The maximum Gasteiger partial charge on any atom is 0.316 e. The van der Waals surface area contributed by atoms with Crippen LogP contribution in [0.2, 0.25) is 0 Å². The molecule has 1 aromatic heterocycles. The molecule has 1 fully saturated rings. The van der Waals surface area contributed by atoms with Crippen LogP contribution in [0.25, 0.3) is 11.0 Å². The van der Waals surface area contributed by atoms with Gasteiger partial charge in [0, 0.05) is 31.8 Å². The highest BCUT2D eigenvalue weighted by atomic mass is 16.6. The van der Waals surface area contributed by atoms with E-state index in [-0.39, 0.29) is 10.6 Å². The van der Waals surface area contributed by atoms with Crippen LogP contribution in [0, 0.1) is 4.91 Å². The Labute approximate surface area is 151 Å². The van der Waals surface area contributed by atoms with Crippen LogP contribution in [0.15, 0.2) is 48.5 Å². The van der Waals surface area contributed by atoms with Crippen molar-refractivity contribution < 1.29 is 14.9 Å². The van der Waals surface area contributed by atoms with Gasteiger partial charge in [0.25, 0.3) is 4.92 Å². The van der Waals surface area contributed by atoms with Crippen molar-refractivity contribution >= 4 is 16.7 Å². The minimum atomic E-state index is -0.107. The summed E-state index contributed by atoms with van der Waals surface area (Å²) in [5.74, 6) is 0.987. The van der Waals surface area contributed by atoms with Crippen molar-refractivity contribution in [3.05, 3.63) is 64.8 Å². The fourth-order valence-corrected chi connectivity index (χ4v) is 3.34. The van der Waals surface area contributed by atoms with Gasteiger partial charge in [0.05, 0.1) is 35.7 Å². The largest absolute Gasteiger partial charge is 0.379 e. The highest BCUT2D eigenvalue weighted by Crippen LogP contribution is 2.21. The summed E-state index contributed by atoms with van der Waals surface area (Å²) in [7, 11) is 0. The van der Waals surface area contributed by atoms with Gasteiger partial charge in [-0.25, -0.2) is 10.2 Å². The van der Waals surface area contributed by atoms with E-state index in [2.05, 4.69) is 15.5 Å². The van der Waals surface area contributed by atoms with E-state index in [1.54, 1.807) is 18.2 Å². The van der Waals surface area contributed by atoms with Gasteiger partial charge in [-0.2, -0.15) is 0 Å². The van der Waals surface area contributed by atoms with E-state index < -0.39 is 0 Å². The molecule has 3 aromatic rings. The summed E-state index contributed by atoms with van der Waals surface area (Å²) in [6.07, 6.45) is 0. The summed E-state index contributed by atoms with van der Waals surface area (Å²) >= 11 is 0. The lowest BCUT2D eigenvalue weighted by atomic mass is 10.2. The molecule has 2 aromatic carbocycles. The van der Waals surface area contributed by atoms with Gasteiger partial charge in [0.2, 0.25) is 0 Å². The Morgan fingerprint density at radius 3 is 2.69 bits per heavy atom. The van der Waals surface area contributed by atoms with E-state index >= 15 is 0 Å². The van der Waals surface area contributed by atoms with Crippen LogP contribution in [-0.2, 0) is 17.8 Å². The van der Waals surface area contributed by atoms with Crippen molar-refractivity contribution in [1.82, 2.24) is 14.5 Å². The Morgan fingerprint density at radius 1 is 1.08 bits per heavy atom. The molecule has 0 aliphatic carbocycles. The minimum Gasteiger partial charge on any atom is -0.379 e. The van der Waals surface area contributed by atoms with Gasteiger partial charge < -0.3 is 9.30 Å². The zero-order valence-electron chi connectivity index (χ0n) is 14.4. The molecule has 0 saturated carbocycles. The Hall–Kier alpha value is -2.77. The number of imidazole rings is 1. The van der Waals surface area contributed by atoms with E-state index in [1.807, 2.05) is 24.3 Å².